The fraction of sp³-hybridized carbons (Fsp3) is 0.692. The molecule has 1 aromatic rings. The summed E-state index contributed by atoms with van der Waals surface area (Å²) in [5.41, 5.74) is 0.894. The van der Waals surface area contributed by atoms with E-state index in [2.05, 4.69) is 10.4 Å². The van der Waals surface area contributed by atoms with Gasteiger partial charge in [-0.2, -0.15) is 5.10 Å². The molecule has 1 heterocycles. The predicted molar refractivity (Wildman–Crippen MR) is 70.5 cm³/mol. The number of aryl methyl sites for hydroxylation is 2. The first-order valence-corrected chi connectivity index (χ1v) is 6.48. The number of nitrogens with one attached hydrogen (secondary N) is 1. The number of aliphatic hydroxyl groups excluding tert-OH is 1. The van der Waals surface area contributed by atoms with Crippen LogP contribution in [0.1, 0.15) is 49.8 Å². The lowest BCUT2D eigenvalue weighted by Crippen LogP contribution is -2.50. The summed E-state index contributed by atoms with van der Waals surface area (Å²) in [6, 6.07) is 1.79. The summed E-state index contributed by atoms with van der Waals surface area (Å²) in [5, 5.41) is 16.6. The first-order chi connectivity index (χ1) is 8.51. The molecule has 1 amide bonds. The van der Waals surface area contributed by atoms with Crippen molar-refractivity contribution in [3.63, 3.8) is 0 Å². The fourth-order valence-electron chi connectivity index (χ4n) is 1.91. The van der Waals surface area contributed by atoms with E-state index in [0.717, 1.165) is 12.1 Å². The van der Waals surface area contributed by atoms with E-state index in [1.165, 1.54) is 0 Å². The molecule has 5 nitrogen and oxygen atoms in total. The van der Waals surface area contributed by atoms with Gasteiger partial charge in [-0.15, -0.1) is 0 Å². The van der Waals surface area contributed by atoms with Gasteiger partial charge < -0.3 is 10.4 Å². The van der Waals surface area contributed by atoms with Crippen molar-refractivity contribution in [1.82, 2.24) is 15.1 Å². The summed E-state index contributed by atoms with van der Waals surface area (Å²) < 4.78 is 1.58. The molecule has 0 bridgehead atoms. The van der Waals surface area contributed by atoms with E-state index in [-0.39, 0.29) is 12.5 Å². The molecule has 1 aromatic heterocycles. The highest BCUT2D eigenvalue weighted by atomic mass is 16.3. The Balaban J connectivity index is 2.90. The third kappa shape index (κ3) is 2.90. The third-order valence-corrected chi connectivity index (χ3v) is 3.56. The fourth-order valence-corrected chi connectivity index (χ4v) is 1.91. The van der Waals surface area contributed by atoms with Crippen LogP contribution in [0, 0.1) is 0 Å². The van der Waals surface area contributed by atoms with Crippen LogP contribution in [0.25, 0.3) is 0 Å². The Morgan fingerprint density at radius 1 is 1.44 bits per heavy atom. The summed E-state index contributed by atoms with van der Waals surface area (Å²) in [6.45, 7) is 5.87. The minimum atomic E-state index is -0.534. The first-order valence-electron chi connectivity index (χ1n) is 6.48. The number of amides is 1. The monoisotopic (exact) mass is 253 g/mol. The van der Waals surface area contributed by atoms with Crippen LogP contribution >= 0.6 is 0 Å². The summed E-state index contributed by atoms with van der Waals surface area (Å²) >= 11 is 0. The molecular weight excluding hydrogens is 230 g/mol. The van der Waals surface area contributed by atoms with Crippen LogP contribution in [-0.2, 0) is 13.5 Å². The topological polar surface area (TPSA) is 67.2 Å². The molecule has 0 aliphatic rings. The highest BCUT2D eigenvalue weighted by Gasteiger charge is 2.28. The molecule has 0 radical (unpaired) electrons. The summed E-state index contributed by atoms with van der Waals surface area (Å²) in [5.74, 6) is -0.178. The first kappa shape index (κ1) is 14.7. The van der Waals surface area contributed by atoms with Crippen molar-refractivity contribution in [3.8, 4) is 0 Å². The summed E-state index contributed by atoms with van der Waals surface area (Å²) in [6.07, 6.45) is 2.20. The average Bonchev–Trinajstić information content (AvgIpc) is 2.77. The highest BCUT2D eigenvalue weighted by molar-refractivity contribution is 5.93. The van der Waals surface area contributed by atoms with Crippen molar-refractivity contribution in [2.24, 2.45) is 7.05 Å². The Hall–Kier alpha value is -1.36. The lowest BCUT2D eigenvalue weighted by molar-refractivity contribution is 0.0808. The van der Waals surface area contributed by atoms with Crippen molar-refractivity contribution in [1.29, 1.82) is 0 Å². The SMILES string of the molecule is CCc1cc(C(=O)NC(CC)(CC)CO)n(C)n1. The quantitative estimate of drug-likeness (QED) is 0.802. The van der Waals surface area contributed by atoms with Crippen LogP contribution in [0.3, 0.4) is 0 Å². The van der Waals surface area contributed by atoms with Crippen molar-refractivity contribution >= 4 is 5.91 Å². The average molecular weight is 253 g/mol. The maximum absolute atomic E-state index is 12.2. The molecule has 5 heteroatoms. The van der Waals surface area contributed by atoms with Crippen molar-refractivity contribution < 1.29 is 9.90 Å². The number of hydrogen-bond donors (Lipinski definition) is 2. The van der Waals surface area contributed by atoms with Gasteiger partial charge in [0.25, 0.3) is 5.91 Å². The molecule has 102 valence electrons. The zero-order valence-electron chi connectivity index (χ0n) is 11.7. The van der Waals surface area contributed by atoms with Crippen LogP contribution in [0.2, 0.25) is 0 Å². The largest absolute Gasteiger partial charge is 0.394 e. The second kappa shape index (κ2) is 6.00. The highest BCUT2D eigenvalue weighted by Crippen LogP contribution is 2.15. The zero-order chi connectivity index (χ0) is 13.8. The van der Waals surface area contributed by atoms with Gasteiger partial charge >= 0.3 is 0 Å². The van der Waals surface area contributed by atoms with Crippen LogP contribution in [-0.4, -0.2) is 32.9 Å². The van der Waals surface area contributed by atoms with E-state index in [1.807, 2.05) is 20.8 Å². The lowest BCUT2D eigenvalue weighted by Gasteiger charge is -2.30. The van der Waals surface area contributed by atoms with Gasteiger partial charge in [-0.3, -0.25) is 9.48 Å². The van der Waals surface area contributed by atoms with Crippen molar-refractivity contribution in [2.45, 2.75) is 45.6 Å². The third-order valence-electron chi connectivity index (χ3n) is 3.56. The Kier molecular flexibility index (Phi) is 4.90. The van der Waals surface area contributed by atoms with Crippen LogP contribution in [0.4, 0.5) is 0 Å². The van der Waals surface area contributed by atoms with E-state index >= 15 is 0 Å². The van der Waals surface area contributed by atoms with Crippen molar-refractivity contribution in [2.75, 3.05) is 6.61 Å². The van der Waals surface area contributed by atoms with Crippen molar-refractivity contribution in [3.05, 3.63) is 17.5 Å². The number of rotatable bonds is 6. The van der Waals surface area contributed by atoms with E-state index in [4.69, 9.17) is 0 Å². The molecule has 18 heavy (non-hydrogen) atoms. The number of nitrogens with zero attached hydrogens (tertiary/aromatic N) is 2. The van der Waals surface area contributed by atoms with Crippen LogP contribution in [0.15, 0.2) is 6.07 Å². The molecule has 0 atom stereocenters. The molecule has 0 saturated carbocycles. The molecule has 0 spiro atoms. The van der Waals surface area contributed by atoms with Gasteiger partial charge in [0.1, 0.15) is 5.69 Å². The van der Waals surface area contributed by atoms with E-state index in [9.17, 15) is 9.90 Å². The predicted octanol–water partition coefficient (Wildman–Crippen LogP) is 1.26. The van der Waals surface area contributed by atoms with Gasteiger partial charge in [0.15, 0.2) is 0 Å². The lowest BCUT2D eigenvalue weighted by atomic mass is 9.93. The molecule has 1 rings (SSSR count). The molecule has 2 N–H and O–H groups in total. The normalized spacial score (nSPS) is 11.6. The molecule has 0 unspecified atom stereocenters. The smallest absolute Gasteiger partial charge is 0.270 e. The molecule has 0 aliphatic heterocycles. The Morgan fingerprint density at radius 3 is 2.44 bits per heavy atom. The number of aromatic nitrogens is 2. The molecule has 0 aliphatic carbocycles. The molecular formula is C13H23N3O2. The summed E-state index contributed by atoms with van der Waals surface area (Å²) in [4.78, 5) is 12.2. The minimum absolute atomic E-state index is 0.0514. The van der Waals surface area contributed by atoms with E-state index in [0.29, 0.717) is 18.5 Å². The van der Waals surface area contributed by atoms with Crippen LogP contribution < -0.4 is 5.32 Å². The second-order valence-corrected chi connectivity index (χ2v) is 4.60. The standard InChI is InChI=1S/C13H23N3O2/c1-5-10-8-11(16(4)15-10)12(18)14-13(6-2,7-3)9-17/h8,17H,5-7,9H2,1-4H3,(H,14,18). The van der Waals surface area contributed by atoms with Gasteiger partial charge in [-0.05, 0) is 25.3 Å². The van der Waals surface area contributed by atoms with Crippen LogP contribution in [0.5, 0.6) is 0 Å². The second-order valence-electron chi connectivity index (χ2n) is 4.60. The van der Waals surface area contributed by atoms with E-state index < -0.39 is 5.54 Å². The maximum atomic E-state index is 12.2. The van der Waals surface area contributed by atoms with Gasteiger partial charge in [-0.25, -0.2) is 0 Å². The Morgan fingerprint density at radius 2 is 2.06 bits per heavy atom. The summed E-state index contributed by atoms with van der Waals surface area (Å²) in [7, 11) is 1.76. The Bertz CT molecular complexity index is 400. The number of aliphatic hydroxyl groups is 1. The number of carbonyl (C=O) groups excluding carboxylic acids is 1. The zero-order valence-corrected chi connectivity index (χ0v) is 11.7. The maximum Gasteiger partial charge on any atom is 0.270 e. The Labute approximate surface area is 108 Å². The molecule has 0 aromatic carbocycles. The number of hydrogen-bond acceptors (Lipinski definition) is 3. The molecule has 0 saturated heterocycles. The molecule has 0 fully saturated rings. The van der Waals surface area contributed by atoms with E-state index in [1.54, 1.807) is 17.8 Å². The van der Waals surface area contributed by atoms with Gasteiger partial charge in [0.05, 0.1) is 17.8 Å². The van der Waals surface area contributed by atoms with Gasteiger partial charge in [-0.1, -0.05) is 20.8 Å². The van der Waals surface area contributed by atoms with Gasteiger partial charge in [0, 0.05) is 7.05 Å². The number of carbonyl (C=O) groups is 1. The van der Waals surface area contributed by atoms with Gasteiger partial charge in [0.2, 0.25) is 0 Å². The minimum Gasteiger partial charge on any atom is -0.394 e.